The lowest BCUT2D eigenvalue weighted by atomic mass is 10.00. The summed E-state index contributed by atoms with van der Waals surface area (Å²) in [6.45, 7) is 12.9. The fourth-order valence-corrected chi connectivity index (χ4v) is 2.08. The lowest BCUT2D eigenvalue weighted by Crippen LogP contribution is -2.39. The Bertz CT molecular complexity index is 504. The second-order valence-corrected chi connectivity index (χ2v) is 8.11. The highest BCUT2D eigenvalue weighted by molar-refractivity contribution is 5.38. The molecule has 0 bridgehead atoms. The van der Waals surface area contributed by atoms with Crippen molar-refractivity contribution in [2.75, 3.05) is 13.1 Å². The van der Waals surface area contributed by atoms with Crippen molar-refractivity contribution < 1.29 is 15.3 Å². The second kappa shape index (κ2) is 7.62. The topological polar surface area (TPSA) is 84.8 Å². The van der Waals surface area contributed by atoms with Gasteiger partial charge in [-0.2, -0.15) is 0 Å². The van der Waals surface area contributed by atoms with Crippen LogP contribution in [0.5, 0.6) is 5.75 Å². The lowest BCUT2D eigenvalue weighted by Gasteiger charge is -2.25. The molecule has 0 aliphatic carbocycles. The Labute approximate surface area is 139 Å². The van der Waals surface area contributed by atoms with Crippen LogP contribution in [0, 0.1) is 0 Å². The first-order valence-electron chi connectivity index (χ1n) is 8.08. The number of rotatable bonds is 6. The molecule has 0 saturated carbocycles. The molecule has 5 nitrogen and oxygen atoms in total. The molecule has 23 heavy (non-hydrogen) atoms. The van der Waals surface area contributed by atoms with Crippen LogP contribution in [0.25, 0.3) is 0 Å². The van der Waals surface area contributed by atoms with Crippen molar-refractivity contribution in [1.82, 2.24) is 10.6 Å². The van der Waals surface area contributed by atoms with E-state index in [1.54, 1.807) is 12.1 Å². The number of β-amino-alcohol motifs (C(OH)–C–C–N with tert-alkyl or cyclic N) is 2. The molecule has 0 radical (unpaired) electrons. The minimum absolute atomic E-state index is 0.0351. The molecule has 1 aromatic carbocycles. The molecule has 5 heteroatoms. The van der Waals surface area contributed by atoms with E-state index in [4.69, 9.17) is 0 Å². The number of benzene rings is 1. The minimum atomic E-state index is -0.836. The molecule has 2 unspecified atom stereocenters. The van der Waals surface area contributed by atoms with E-state index in [1.165, 1.54) is 6.07 Å². The summed E-state index contributed by atoms with van der Waals surface area (Å²) in [5.41, 5.74) is 0.889. The summed E-state index contributed by atoms with van der Waals surface area (Å²) in [6.07, 6.45) is -1.53. The standard InChI is InChI=1S/C18H32N2O3/c1-17(2,3)19-10-15(22)12-7-8-14(21)13(9-12)16(23)11-20-18(4,5)6/h7-9,15-16,19-23H,10-11H2,1-6H3. The van der Waals surface area contributed by atoms with Crippen LogP contribution in [0.1, 0.15) is 64.9 Å². The molecule has 2 atom stereocenters. The first kappa shape index (κ1) is 19.9. The zero-order valence-corrected chi connectivity index (χ0v) is 15.1. The predicted molar refractivity (Wildman–Crippen MR) is 93.5 cm³/mol. The summed E-state index contributed by atoms with van der Waals surface area (Å²) in [5.74, 6) is 0.0351. The van der Waals surface area contributed by atoms with Crippen LogP contribution < -0.4 is 10.6 Å². The number of phenols is 1. The molecule has 132 valence electrons. The summed E-state index contributed by atoms with van der Waals surface area (Å²) < 4.78 is 0. The van der Waals surface area contributed by atoms with Crippen molar-refractivity contribution in [3.8, 4) is 5.75 Å². The van der Waals surface area contributed by atoms with Crippen LogP contribution in [-0.2, 0) is 0 Å². The van der Waals surface area contributed by atoms with Crippen molar-refractivity contribution in [1.29, 1.82) is 0 Å². The molecule has 0 fully saturated rings. The molecular weight excluding hydrogens is 292 g/mol. The Kier molecular flexibility index (Phi) is 6.59. The van der Waals surface area contributed by atoms with Gasteiger partial charge < -0.3 is 26.0 Å². The largest absolute Gasteiger partial charge is 0.508 e. The number of aliphatic hydroxyl groups excluding tert-OH is 2. The van der Waals surface area contributed by atoms with Gasteiger partial charge in [0.1, 0.15) is 5.75 Å². The summed E-state index contributed by atoms with van der Waals surface area (Å²) in [4.78, 5) is 0. The zero-order chi connectivity index (χ0) is 17.8. The van der Waals surface area contributed by atoms with Gasteiger partial charge in [-0.15, -0.1) is 0 Å². The number of nitrogens with one attached hydrogen (secondary N) is 2. The van der Waals surface area contributed by atoms with Gasteiger partial charge in [0.15, 0.2) is 0 Å². The lowest BCUT2D eigenvalue weighted by molar-refractivity contribution is 0.154. The van der Waals surface area contributed by atoms with Crippen LogP contribution >= 0.6 is 0 Å². The van der Waals surface area contributed by atoms with Gasteiger partial charge in [-0.3, -0.25) is 0 Å². The molecule has 5 N–H and O–H groups in total. The first-order valence-corrected chi connectivity index (χ1v) is 8.08. The van der Waals surface area contributed by atoms with Crippen LogP contribution in [0.2, 0.25) is 0 Å². The maximum absolute atomic E-state index is 10.3. The molecule has 1 rings (SSSR count). The van der Waals surface area contributed by atoms with E-state index < -0.39 is 12.2 Å². The normalized spacial score (nSPS) is 15.5. The van der Waals surface area contributed by atoms with Gasteiger partial charge in [0.25, 0.3) is 0 Å². The zero-order valence-electron chi connectivity index (χ0n) is 15.1. The molecule has 0 heterocycles. The van der Waals surface area contributed by atoms with E-state index in [0.717, 1.165) is 0 Å². The van der Waals surface area contributed by atoms with Crippen molar-refractivity contribution in [2.24, 2.45) is 0 Å². The molecule has 0 saturated heterocycles. The molecule has 0 aliphatic heterocycles. The van der Waals surface area contributed by atoms with Gasteiger partial charge in [-0.05, 0) is 59.2 Å². The predicted octanol–water partition coefficient (Wildman–Crippen LogP) is 2.24. The first-order chi connectivity index (χ1) is 10.4. The third-order valence-electron chi connectivity index (χ3n) is 3.45. The average Bonchev–Trinajstić information content (AvgIpc) is 2.41. The van der Waals surface area contributed by atoms with Gasteiger partial charge in [0, 0.05) is 29.7 Å². The molecular formula is C18H32N2O3. The van der Waals surface area contributed by atoms with E-state index in [9.17, 15) is 15.3 Å². The molecule has 0 spiro atoms. The van der Waals surface area contributed by atoms with Gasteiger partial charge in [0.05, 0.1) is 12.2 Å². The fourth-order valence-electron chi connectivity index (χ4n) is 2.08. The Hall–Kier alpha value is -1.14. The minimum Gasteiger partial charge on any atom is -0.508 e. The third kappa shape index (κ3) is 7.31. The summed E-state index contributed by atoms with van der Waals surface area (Å²) in [5, 5.41) is 37.0. The summed E-state index contributed by atoms with van der Waals surface area (Å²) >= 11 is 0. The van der Waals surface area contributed by atoms with Crippen molar-refractivity contribution >= 4 is 0 Å². The van der Waals surface area contributed by atoms with Crippen LogP contribution in [-0.4, -0.2) is 39.5 Å². The van der Waals surface area contributed by atoms with Gasteiger partial charge in [-0.25, -0.2) is 0 Å². The van der Waals surface area contributed by atoms with E-state index in [-0.39, 0.29) is 16.8 Å². The number of aromatic hydroxyl groups is 1. The highest BCUT2D eigenvalue weighted by atomic mass is 16.3. The molecule has 1 aromatic rings. The Morgan fingerprint density at radius 1 is 0.870 bits per heavy atom. The van der Waals surface area contributed by atoms with Crippen molar-refractivity contribution in [3.05, 3.63) is 29.3 Å². The molecule has 0 amide bonds. The fraction of sp³-hybridized carbons (Fsp3) is 0.667. The Morgan fingerprint density at radius 3 is 1.83 bits per heavy atom. The summed E-state index contributed by atoms with van der Waals surface area (Å²) in [6, 6.07) is 4.86. The van der Waals surface area contributed by atoms with Crippen LogP contribution in [0.15, 0.2) is 18.2 Å². The third-order valence-corrected chi connectivity index (χ3v) is 3.45. The number of hydrogen-bond acceptors (Lipinski definition) is 5. The van der Waals surface area contributed by atoms with Crippen LogP contribution in [0.4, 0.5) is 0 Å². The highest BCUT2D eigenvalue weighted by Crippen LogP contribution is 2.28. The van der Waals surface area contributed by atoms with Crippen molar-refractivity contribution in [2.45, 2.75) is 64.8 Å². The van der Waals surface area contributed by atoms with Gasteiger partial charge in [0.2, 0.25) is 0 Å². The van der Waals surface area contributed by atoms with Crippen LogP contribution in [0.3, 0.4) is 0 Å². The summed E-state index contributed by atoms with van der Waals surface area (Å²) in [7, 11) is 0. The van der Waals surface area contributed by atoms with E-state index in [2.05, 4.69) is 10.6 Å². The molecule has 0 aliphatic rings. The van der Waals surface area contributed by atoms with E-state index >= 15 is 0 Å². The number of hydrogen-bond donors (Lipinski definition) is 5. The SMILES string of the molecule is CC(C)(C)NCC(O)c1ccc(O)c(C(O)CNC(C)(C)C)c1. The van der Waals surface area contributed by atoms with Gasteiger partial charge >= 0.3 is 0 Å². The number of phenolic OH excluding ortho intramolecular Hbond substituents is 1. The maximum Gasteiger partial charge on any atom is 0.121 e. The number of aliphatic hydroxyl groups is 2. The van der Waals surface area contributed by atoms with E-state index in [0.29, 0.717) is 24.2 Å². The maximum atomic E-state index is 10.3. The highest BCUT2D eigenvalue weighted by Gasteiger charge is 2.19. The second-order valence-electron chi connectivity index (χ2n) is 8.11. The molecule has 0 aromatic heterocycles. The Balaban J connectivity index is 2.82. The average molecular weight is 324 g/mol. The van der Waals surface area contributed by atoms with Gasteiger partial charge in [-0.1, -0.05) is 6.07 Å². The van der Waals surface area contributed by atoms with E-state index in [1.807, 2.05) is 41.5 Å². The van der Waals surface area contributed by atoms with Crippen molar-refractivity contribution in [3.63, 3.8) is 0 Å². The quantitative estimate of drug-likeness (QED) is 0.554. The monoisotopic (exact) mass is 324 g/mol. The smallest absolute Gasteiger partial charge is 0.121 e. The Morgan fingerprint density at radius 2 is 1.35 bits per heavy atom.